The number of fused-ring (bicyclic) bond motifs is 2. The van der Waals surface area contributed by atoms with Crippen LogP contribution in [0.25, 0.3) is 0 Å². The molecule has 1 heterocycles. The third-order valence-corrected chi connectivity index (χ3v) is 5.38. The van der Waals surface area contributed by atoms with Gasteiger partial charge in [0.05, 0.1) is 0 Å². The highest BCUT2D eigenvalue weighted by molar-refractivity contribution is 6.11. The number of nitrogens with zero attached hydrogens (tertiary/aromatic N) is 1. The molecule has 2 aromatic rings. The molecule has 2 aromatic carbocycles. The topological polar surface area (TPSA) is 108 Å². The summed E-state index contributed by atoms with van der Waals surface area (Å²) in [7, 11) is 1.53. The van der Waals surface area contributed by atoms with Crippen molar-refractivity contribution in [1.82, 2.24) is 15.5 Å². The number of carbonyl (C=O) groups is 4. The molecule has 4 rings (SSSR count). The minimum atomic E-state index is -1.08. The summed E-state index contributed by atoms with van der Waals surface area (Å²) in [4.78, 5) is 50.5. The number of anilines is 1. The quantitative estimate of drug-likeness (QED) is 0.683. The molecule has 148 valence electrons. The molecule has 29 heavy (non-hydrogen) atoms. The van der Waals surface area contributed by atoms with Gasteiger partial charge in [-0.3, -0.25) is 19.3 Å². The molecule has 1 spiro atoms. The predicted molar refractivity (Wildman–Crippen MR) is 105 cm³/mol. The van der Waals surface area contributed by atoms with Gasteiger partial charge in [-0.2, -0.15) is 0 Å². The van der Waals surface area contributed by atoms with E-state index in [4.69, 9.17) is 0 Å². The fraction of sp³-hybridized carbons (Fsp3) is 0.238. The Labute approximate surface area is 167 Å². The van der Waals surface area contributed by atoms with Gasteiger partial charge in [0.2, 0.25) is 5.91 Å². The van der Waals surface area contributed by atoms with Gasteiger partial charge in [0, 0.05) is 18.3 Å². The second-order valence-electron chi connectivity index (χ2n) is 7.09. The lowest BCUT2D eigenvalue weighted by Gasteiger charge is -2.22. The van der Waals surface area contributed by atoms with E-state index >= 15 is 0 Å². The molecule has 1 saturated heterocycles. The van der Waals surface area contributed by atoms with Gasteiger partial charge >= 0.3 is 6.03 Å². The highest BCUT2D eigenvalue weighted by Crippen LogP contribution is 2.41. The fourth-order valence-corrected chi connectivity index (χ4v) is 3.93. The predicted octanol–water partition coefficient (Wildman–Crippen LogP) is 1.38. The molecule has 0 aromatic heterocycles. The van der Waals surface area contributed by atoms with Gasteiger partial charge in [0.15, 0.2) is 0 Å². The number of urea groups is 1. The third-order valence-electron chi connectivity index (χ3n) is 5.38. The minimum absolute atomic E-state index is 0.232. The maximum absolute atomic E-state index is 13.1. The molecule has 0 unspecified atom stereocenters. The van der Waals surface area contributed by atoms with Crippen molar-refractivity contribution in [1.29, 1.82) is 0 Å². The zero-order valence-electron chi connectivity index (χ0n) is 15.8. The maximum atomic E-state index is 13.1. The van der Waals surface area contributed by atoms with Gasteiger partial charge in [0.25, 0.3) is 11.8 Å². The summed E-state index contributed by atoms with van der Waals surface area (Å²) >= 11 is 0. The zero-order chi connectivity index (χ0) is 20.6. The van der Waals surface area contributed by atoms with Crippen molar-refractivity contribution in [3.63, 3.8) is 0 Å². The lowest BCUT2D eigenvalue weighted by atomic mass is 9.92. The van der Waals surface area contributed by atoms with Gasteiger partial charge in [-0.15, -0.1) is 0 Å². The number of hydrogen-bond acceptors (Lipinski definition) is 4. The lowest BCUT2D eigenvalue weighted by molar-refractivity contribution is -0.134. The van der Waals surface area contributed by atoms with E-state index in [1.54, 1.807) is 24.3 Å². The number of nitrogens with one attached hydrogen (secondary N) is 3. The molecule has 1 atom stereocenters. The van der Waals surface area contributed by atoms with Crippen molar-refractivity contribution in [3.05, 3.63) is 65.2 Å². The van der Waals surface area contributed by atoms with Crippen LogP contribution in [-0.2, 0) is 21.5 Å². The second kappa shape index (κ2) is 7.05. The van der Waals surface area contributed by atoms with Crippen molar-refractivity contribution in [2.45, 2.75) is 18.4 Å². The number of aryl methyl sites for hydroxylation is 1. The Morgan fingerprint density at radius 1 is 1.10 bits per heavy atom. The van der Waals surface area contributed by atoms with Crippen LogP contribution in [0.4, 0.5) is 10.5 Å². The number of imide groups is 1. The molecule has 8 heteroatoms. The van der Waals surface area contributed by atoms with E-state index in [9.17, 15) is 19.2 Å². The Morgan fingerprint density at radius 3 is 2.55 bits per heavy atom. The van der Waals surface area contributed by atoms with Gasteiger partial charge in [-0.25, -0.2) is 4.79 Å². The summed E-state index contributed by atoms with van der Waals surface area (Å²) in [5.74, 6) is -1.13. The highest BCUT2D eigenvalue weighted by Gasteiger charge is 2.55. The van der Waals surface area contributed by atoms with Crippen LogP contribution in [0, 0.1) is 0 Å². The molecule has 1 fully saturated rings. The van der Waals surface area contributed by atoms with Gasteiger partial charge < -0.3 is 16.0 Å². The Bertz CT molecular complexity index is 1020. The summed E-state index contributed by atoms with van der Waals surface area (Å²) in [5, 5.41) is 7.96. The molecular formula is C21H20N4O4. The van der Waals surface area contributed by atoms with Crippen molar-refractivity contribution >= 4 is 29.4 Å². The average molecular weight is 392 g/mol. The first-order chi connectivity index (χ1) is 13.9. The largest absolute Gasteiger partial charge is 0.355 e. The monoisotopic (exact) mass is 392 g/mol. The van der Waals surface area contributed by atoms with E-state index in [0.717, 1.165) is 16.0 Å². The first-order valence-electron chi connectivity index (χ1n) is 9.29. The summed E-state index contributed by atoms with van der Waals surface area (Å²) < 4.78 is 0. The number of hydrogen-bond donors (Lipinski definition) is 3. The Hall–Kier alpha value is -3.68. The number of carbonyl (C=O) groups excluding carboxylic acids is 4. The van der Waals surface area contributed by atoms with Crippen molar-refractivity contribution in [2.24, 2.45) is 0 Å². The summed E-state index contributed by atoms with van der Waals surface area (Å²) in [6, 6.07) is 13.3. The van der Waals surface area contributed by atoms with Crippen molar-refractivity contribution in [3.8, 4) is 0 Å². The number of benzene rings is 2. The lowest BCUT2D eigenvalue weighted by Crippen LogP contribution is -2.43. The van der Waals surface area contributed by atoms with Crippen LogP contribution in [0.3, 0.4) is 0 Å². The molecule has 1 aliphatic carbocycles. The van der Waals surface area contributed by atoms with Crippen LogP contribution in [0.2, 0.25) is 0 Å². The maximum Gasteiger partial charge on any atom is 0.325 e. The van der Waals surface area contributed by atoms with Crippen LogP contribution >= 0.6 is 0 Å². The minimum Gasteiger partial charge on any atom is -0.355 e. The Kier molecular flexibility index (Phi) is 4.54. The van der Waals surface area contributed by atoms with Crippen molar-refractivity contribution in [2.75, 3.05) is 18.9 Å². The van der Waals surface area contributed by atoms with E-state index in [0.29, 0.717) is 24.1 Å². The zero-order valence-corrected chi connectivity index (χ0v) is 15.8. The molecular weight excluding hydrogens is 372 g/mol. The van der Waals surface area contributed by atoms with Crippen LogP contribution in [-0.4, -0.2) is 42.2 Å². The van der Waals surface area contributed by atoms with E-state index in [1.165, 1.54) is 7.05 Å². The van der Waals surface area contributed by atoms with Crippen molar-refractivity contribution < 1.29 is 19.2 Å². The number of rotatable bonds is 4. The van der Waals surface area contributed by atoms with Crippen LogP contribution in [0.1, 0.15) is 27.9 Å². The SMILES string of the molecule is CNC(=O)c1ccc(NC(=O)CN2C(=O)N[C@]3(CCc4ccccc43)C2=O)cc1. The molecule has 3 N–H and O–H groups in total. The summed E-state index contributed by atoms with van der Waals surface area (Å²) in [6.07, 6.45) is 1.18. The van der Waals surface area contributed by atoms with Crippen LogP contribution in [0.5, 0.6) is 0 Å². The number of amides is 5. The standard InChI is InChI=1S/C21H20N4O4/c1-22-18(27)14-6-8-15(9-7-14)23-17(26)12-25-19(28)21(24-20(25)29)11-10-13-4-2-3-5-16(13)21/h2-9H,10-12H2,1H3,(H,22,27)(H,23,26)(H,24,29)/t21-/m0/s1. The highest BCUT2D eigenvalue weighted by atomic mass is 16.2. The van der Waals surface area contributed by atoms with E-state index < -0.39 is 23.4 Å². The van der Waals surface area contributed by atoms with E-state index in [-0.39, 0.29) is 12.5 Å². The average Bonchev–Trinajstić information content (AvgIpc) is 3.21. The van der Waals surface area contributed by atoms with Crippen LogP contribution < -0.4 is 16.0 Å². The summed E-state index contributed by atoms with van der Waals surface area (Å²) in [6.45, 7) is -0.383. The van der Waals surface area contributed by atoms with E-state index in [2.05, 4.69) is 16.0 Å². The Morgan fingerprint density at radius 2 is 1.83 bits per heavy atom. The van der Waals surface area contributed by atoms with Gasteiger partial charge in [0.1, 0.15) is 12.1 Å². The fourth-order valence-electron chi connectivity index (χ4n) is 3.93. The third kappa shape index (κ3) is 3.12. The van der Waals surface area contributed by atoms with Gasteiger partial charge in [-0.05, 0) is 48.2 Å². The molecule has 5 amide bonds. The second-order valence-corrected chi connectivity index (χ2v) is 7.09. The Balaban J connectivity index is 1.46. The first-order valence-corrected chi connectivity index (χ1v) is 9.29. The smallest absolute Gasteiger partial charge is 0.325 e. The summed E-state index contributed by atoms with van der Waals surface area (Å²) in [5.41, 5.74) is 1.68. The molecule has 0 saturated carbocycles. The first kappa shape index (κ1) is 18.7. The molecule has 0 bridgehead atoms. The molecule has 8 nitrogen and oxygen atoms in total. The molecule has 0 radical (unpaired) electrons. The molecule has 2 aliphatic rings. The van der Waals surface area contributed by atoms with E-state index in [1.807, 2.05) is 24.3 Å². The normalized spacial score (nSPS) is 19.8. The van der Waals surface area contributed by atoms with Crippen LogP contribution in [0.15, 0.2) is 48.5 Å². The van der Waals surface area contributed by atoms with Gasteiger partial charge in [-0.1, -0.05) is 24.3 Å². The molecule has 1 aliphatic heterocycles.